The van der Waals surface area contributed by atoms with Gasteiger partial charge >= 0.3 is 0 Å². The third-order valence-electron chi connectivity index (χ3n) is 3.84. The van der Waals surface area contributed by atoms with Gasteiger partial charge in [0, 0.05) is 16.4 Å². The second-order valence-corrected chi connectivity index (χ2v) is 6.45. The molecule has 0 spiro atoms. The van der Waals surface area contributed by atoms with Crippen molar-refractivity contribution in [1.29, 1.82) is 0 Å². The van der Waals surface area contributed by atoms with Gasteiger partial charge in [-0.25, -0.2) is 0 Å². The summed E-state index contributed by atoms with van der Waals surface area (Å²) in [5.74, 6) is -0.157. The third kappa shape index (κ3) is 3.54. The highest BCUT2D eigenvalue weighted by Gasteiger charge is 2.08. The second-order valence-electron chi connectivity index (χ2n) is 5.53. The predicted molar refractivity (Wildman–Crippen MR) is 96.7 cm³/mol. The summed E-state index contributed by atoms with van der Waals surface area (Å²) in [5, 5.41) is 7.52. The van der Waals surface area contributed by atoms with Crippen LogP contribution in [0.25, 0.3) is 10.9 Å². The number of carbonyl (C=O) groups excluding carboxylic acids is 1. The molecule has 1 amide bonds. The van der Waals surface area contributed by atoms with Crippen LogP contribution < -0.4 is 10.7 Å². The highest BCUT2D eigenvalue weighted by molar-refractivity contribution is 9.10. The zero-order valence-corrected chi connectivity index (χ0v) is 14.7. The Labute approximate surface area is 147 Å². The third-order valence-corrected chi connectivity index (χ3v) is 4.34. The number of nitrogens with one attached hydrogen (secondary N) is 1. The van der Waals surface area contributed by atoms with Gasteiger partial charge in [0.2, 0.25) is 11.3 Å². The van der Waals surface area contributed by atoms with Gasteiger partial charge < -0.3 is 5.32 Å². The molecule has 0 aliphatic carbocycles. The summed E-state index contributed by atoms with van der Waals surface area (Å²) in [6, 6.07) is 13.1. The van der Waals surface area contributed by atoms with Crippen LogP contribution in [0.2, 0.25) is 0 Å². The molecule has 0 saturated heterocycles. The maximum atomic E-state index is 12.2. The van der Waals surface area contributed by atoms with Gasteiger partial charge in [0.25, 0.3) is 0 Å². The number of fused-ring (bicyclic) bond motifs is 1. The van der Waals surface area contributed by atoms with E-state index in [2.05, 4.69) is 26.3 Å². The van der Waals surface area contributed by atoms with Crippen molar-refractivity contribution >= 4 is 32.7 Å². The zero-order chi connectivity index (χ0) is 17.1. The summed E-state index contributed by atoms with van der Waals surface area (Å²) in [6.45, 7) is 2.51. The molecule has 5 nitrogen and oxygen atoms in total. The lowest BCUT2D eigenvalue weighted by atomic mass is 10.1. The quantitative estimate of drug-likeness (QED) is 0.750. The maximum Gasteiger partial charge on any atom is 0.242 e. The molecule has 0 aliphatic rings. The number of rotatable bonds is 4. The van der Waals surface area contributed by atoms with Crippen LogP contribution in [0.15, 0.2) is 57.9 Å². The first-order chi connectivity index (χ1) is 11.5. The van der Waals surface area contributed by atoms with Crippen LogP contribution in [0.3, 0.4) is 0 Å². The van der Waals surface area contributed by atoms with E-state index in [9.17, 15) is 9.59 Å². The molecule has 0 unspecified atom stereocenters. The summed E-state index contributed by atoms with van der Waals surface area (Å²) in [4.78, 5) is 24.1. The Bertz CT molecular complexity index is 966. The van der Waals surface area contributed by atoms with Crippen LogP contribution in [-0.4, -0.2) is 15.7 Å². The smallest absolute Gasteiger partial charge is 0.242 e. The average molecular weight is 386 g/mol. The van der Waals surface area contributed by atoms with E-state index in [-0.39, 0.29) is 17.9 Å². The monoisotopic (exact) mass is 385 g/mol. The number of nitrogens with zero attached hydrogens (tertiary/aromatic N) is 2. The van der Waals surface area contributed by atoms with Crippen molar-refractivity contribution in [2.75, 3.05) is 0 Å². The van der Waals surface area contributed by atoms with Crippen LogP contribution in [0, 0.1) is 6.92 Å². The molecule has 0 radical (unpaired) electrons. The number of hydrogen-bond acceptors (Lipinski definition) is 3. The molecule has 1 heterocycles. The van der Waals surface area contributed by atoms with Gasteiger partial charge in [0.05, 0.1) is 11.7 Å². The molecule has 0 bridgehead atoms. The molecule has 0 saturated carbocycles. The molecule has 0 fully saturated rings. The molecular weight excluding hydrogens is 370 g/mol. The zero-order valence-electron chi connectivity index (χ0n) is 13.1. The van der Waals surface area contributed by atoms with Crippen molar-refractivity contribution in [1.82, 2.24) is 15.1 Å². The molecule has 3 rings (SSSR count). The van der Waals surface area contributed by atoms with E-state index >= 15 is 0 Å². The molecule has 0 atom stereocenters. The topological polar surface area (TPSA) is 64.0 Å². The van der Waals surface area contributed by atoms with Crippen LogP contribution in [0.5, 0.6) is 0 Å². The Kier molecular flexibility index (Phi) is 4.76. The van der Waals surface area contributed by atoms with Gasteiger partial charge in [0.15, 0.2) is 0 Å². The molecular formula is C18H16BrN3O2. The Morgan fingerprint density at radius 3 is 2.88 bits per heavy atom. The normalized spacial score (nSPS) is 10.8. The highest BCUT2D eigenvalue weighted by atomic mass is 79.9. The first-order valence-corrected chi connectivity index (χ1v) is 8.30. The molecule has 122 valence electrons. The van der Waals surface area contributed by atoms with Crippen LogP contribution in [0.1, 0.15) is 11.1 Å². The minimum Gasteiger partial charge on any atom is -0.350 e. The van der Waals surface area contributed by atoms with Crippen molar-refractivity contribution < 1.29 is 4.79 Å². The fourth-order valence-corrected chi connectivity index (χ4v) is 2.91. The summed E-state index contributed by atoms with van der Waals surface area (Å²) in [6.07, 6.45) is 1.24. The van der Waals surface area contributed by atoms with E-state index in [1.807, 2.05) is 31.2 Å². The summed E-state index contributed by atoms with van der Waals surface area (Å²) < 4.78 is 2.52. The van der Waals surface area contributed by atoms with E-state index in [4.69, 9.17) is 0 Å². The molecule has 3 aromatic rings. The Morgan fingerprint density at radius 1 is 1.25 bits per heavy atom. The van der Waals surface area contributed by atoms with Crippen molar-refractivity contribution in [3.63, 3.8) is 0 Å². The number of aromatic nitrogens is 2. The van der Waals surface area contributed by atoms with Crippen LogP contribution in [0.4, 0.5) is 0 Å². The molecule has 2 aromatic carbocycles. The number of halogens is 1. The largest absolute Gasteiger partial charge is 0.350 e. The SMILES string of the molecule is Cc1ccc(Br)cc1CNC(=O)Cn1ncc(=O)c2ccccc21. The van der Waals surface area contributed by atoms with Crippen LogP contribution in [-0.2, 0) is 17.9 Å². The van der Waals surface area contributed by atoms with Crippen molar-refractivity contribution in [2.24, 2.45) is 0 Å². The molecule has 6 heteroatoms. The maximum absolute atomic E-state index is 12.2. The molecule has 1 aromatic heterocycles. The summed E-state index contributed by atoms with van der Waals surface area (Å²) in [7, 11) is 0. The minimum atomic E-state index is -0.157. The van der Waals surface area contributed by atoms with Gasteiger partial charge in [0.1, 0.15) is 6.54 Å². The van der Waals surface area contributed by atoms with Crippen LogP contribution >= 0.6 is 15.9 Å². The number of carbonyl (C=O) groups is 1. The lowest BCUT2D eigenvalue weighted by Crippen LogP contribution is -2.29. The highest BCUT2D eigenvalue weighted by Crippen LogP contribution is 2.15. The minimum absolute atomic E-state index is 0.0633. The van der Waals surface area contributed by atoms with Gasteiger partial charge in [-0.2, -0.15) is 5.10 Å². The van der Waals surface area contributed by atoms with Gasteiger partial charge in [-0.05, 0) is 42.3 Å². The fourth-order valence-electron chi connectivity index (χ4n) is 2.50. The lowest BCUT2D eigenvalue weighted by molar-refractivity contribution is -0.121. The van der Waals surface area contributed by atoms with Crippen molar-refractivity contribution in [3.05, 3.63) is 74.5 Å². The second kappa shape index (κ2) is 6.97. The van der Waals surface area contributed by atoms with Crippen molar-refractivity contribution in [2.45, 2.75) is 20.0 Å². The molecule has 1 N–H and O–H groups in total. The first-order valence-electron chi connectivity index (χ1n) is 7.51. The van der Waals surface area contributed by atoms with E-state index in [0.717, 1.165) is 15.6 Å². The lowest BCUT2D eigenvalue weighted by Gasteiger charge is -2.11. The van der Waals surface area contributed by atoms with E-state index in [1.54, 1.807) is 22.9 Å². The molecule has 0 aliphatic heterocycles. The fraction of sp³-hybridized carbons (Fsp3) is 0.167. The van der Waals surface area contributed by atoms with Gasteiger partial charge in [-0.15, -0.1) is 0 Å². The van der Waals surface area contributed by atoms with Gasteiger partial charge in [-0.3, -0.25) is 14.3 Å². The Balaban J connectivity index is 1.75. The number of para-hydroxylation sites is 1. The number of hydrogen-bond donors (Lipinski definition) is 1. The standard InChI is InChI=1S/C18H16BrN3O2/c1-12-6-7-14(19)8-13(12)9-20-18(24)11-22-16-5-3-2-4-15(16)17(23)10-21-22/h2-8,10H,9,11H2,1H3,(H,20,24). The Morgan fingerprint density at radius 2 is 2.04 bits per heavy atom. The predicted octanol–water partition coefficient (Wildman–Crippen LogP) is 2.78. The molecule has 24 heavy (non-hydrogen) atoms. The number of aryl methyl sites for hydroxylation is 1. The van der Waals surface area contributed by atoms with E-state index < -0.39 is 0 Å². The van der Waals surface area contributed by atoms with E-state index in [0.29, 0.717) is 17.4 Å². The van der Waals surface area contributed by atoms with E-state index in [1.165, 1.54) is 6.20 Å². The van der Waals surface area contributed by atoms with Crippen molar-refractivity contribution in [3.8, 4) is 0 Å². The summed E-state index contributed by atoms with van der Waals surface area (Å²) in [5.41, 5.74) is 2.67. The van der Waals surface area contributed by atoms with Gasteiger partial charge in [-0.1, -0.05) is 34.1 Å². The summed E-state index contributed by atoms with van der Waals surface area (Å²) >= 11 is 3.43. The number of benzene rings is 2. The first kappa shape index (κ1) is 16.4. The average Bonchev–Trinajstić information content (AvgIpc) is 2.58. The number of amides is 1. The Hall–Kier alpha value is -2.47.